The molecule has 5 nitrogen and oxygen atoms in total. The normalized spacial score (nSPS) is 11.4. The quantitative estimate of drug-likeness (QED) is 0.750. The maximum absolute atomic E-state index is 12.2. The summed E-state index contributed by atoms with van der Waals surface area (Å²) >= 11 is 3.35. The number of hydrogen-bond donors (Lipinski definition) is 3. The molecule has 0 radical (unpaired) electrons. The number of hydrogen-bond acceptors (Lipinski definition) is 3. The van der Waals surface area contributed by atoms with Crippen molar-refractivity contribution < 1.29 is 9.59 Å². The second kappa shape index (κ2) is 7.78. The molecule has 0 aliphatic rings. The Balaban J connectivity index is 2.00. The first kappa shape index (κ1) is 17.0. The van der Waals surface area contributed by atoms with E-state index in [1.807, 2.05) is 30.3 Å². The van der Waals surface area contributed by atoms with Crippen LogP contribution in [0.3, 0.4) is 0 Å². The van der Waals surface area contributed by atoms with Crippen molar-refractivity contribution in [2.24, 2.45) is 0 Å². The molecule has 2 amide bonds. The van der Waals surface area contributed by atoms with Gasteiger partial charge in [-0.25, -0.2) is 0 Å². The van der Waals surface area contributed by atoms with Crippen LogP contribution in [0, 0.1) is 0 Å². The first-order valence-electron chi connectivity index (χ1n) is 7.14. The highest BCUT2D eigenvalue weighted by Crippen LogP contribution is 2.15. The van der Waals surface area contributed by atoms with Crippen LogP contribution in [0.25, 0.3) is 0 Å². The Morgan fingerprint density at radius 2 is 1.74 bits per heavy atom. The molecule has 1 atom stereocenters. The Morgan fingerprint density at radius 3 is 2.39 bits per heavy atom. The zero-order valence-corrected chi connectivity index (χ0v) is 14.5. The second-order valence-electron chi connectivity index (χ2n) is 5.02. The largest absolute Gasteiger partial charge is 0.374 e. The zero-order valence-electron chi connectivity index (χ0n) is 12.9. The molecule has 3 N–H and O–H groups in total. The highest BCUT2D eigenvalue weighted by molar-refractivity contribution is 9.10. The van der Waals surface area contributed by atoms with Crippen molar-refractivity contribution in [3.05, 3.63) is 58.6 Å². The van der Waals surface area contributed by atoms with Gasteiger partial charge in [-0.1, -0.05) is 22.0 Å². The standard InChI is InChI=1S/C17H18BrN3O2/c1-11(16(22)21-14-8-6-13(18)7-9-14)20-15-5-3-4-12(10-15)17(23)19-2/h3-11,20H,1-2H3,(H,19,23)(H,21,22). The fraction of sp³-hybridized carbons (Fsp3) is 0.176. The Morgan fingerprint density at radius 1 is 1.04 bits per heavy atom. The van der Waals surface area contributed by atoms with Gasteiger partial charge in [0.15, 0.2) is 0 Å². The molecule has 2 aromatic carbocycles. The minimum absolute atomic E-state index is 0.155. The van der Waals surface area contributed by atoms with E-state index in [1.54, 1.807) is 32.2 Å². The number of halogens is 1. The van der Waals surface area contributed by atoms with E-state index in [0.717, 1.165) is 10.2 Å². The number of carbonyl (C=O) groups excluding carboxylic acids is 2. The van der Waals surface area contributed by atoms with E-state index in [9.17, 15) is 9.59 Å². The van der Waals surface area contributed by atoms with Crippen molar-refractivity contribution in [3.63, 3.8) is 0 Å². The first-order valence-corrected chi connectivity index (χ1v) is 7.94. The number of carbonyl (C=O) groups is 2. The van der Waals surface area contributed by atoms with Gasteiger partial charge in [0.05, 0.1) is 0 Å². The lowest BCUT2D eigenvalue weighted by Crippen LogP contribution is -2.32. The number of amides is 2. The number of anilines is 2. The maximum atomic E-state index is 12.2. The molecule has 0 fully saturated rings. The van der Waals surface area contributed by atoms with Crippen LogP contribution in [0.4, 0.5) is 11.4 Å². The Bertz CT molecular complexity index is 701. The van der Waals surface area contributed by atoms with Gasteiger partial charge in [-0.2, -0.15) is 0 Å². The molecule has 0 aromatic heterocycles. The topological polar surface area (TPSA) is 70.2 Å². The van der Waals surface area contributed by atoms with E-state index in [1.165, 1.54) is 0 Å². The molecule has 120 valence electrons. The molecule has 2 aromatic rings. The van der Waals surface area contributed by atoms with E-state index in [4.69, 9.17) is 0 Å². The second-order valence-corrected chi connectivity index (χ2v) is 5.94. The van der Waals surface area contributed by atoms with Gasteiger partial charge in [0.1, 0.15) is 6.04 Å². The molecule has 1 unspecified atom stereocenters. The number of nitrogens with one attached hydrogen (secondary N) is 3. The lowest BCUT2D eigenvalue weighted by Gasteiger charge is -2.16. The lowest BCUT2D eigenvalue weighted by atomic mass is 10.1. The van der Waals surface area contributed by atoms with Crippen LogP contribution in [0.5, 0.6) is 0 Å². The average Bonchev–Trinajstić information content (AvgIpc) is 2.56. The molecular weight excluding hydrogens is 358 g/mol. The van der Waals surface area contributed by atoms with E-state index >= 15 is 0 Å². The zero-order chi connectivity index (χ0) is 16.8. The molecule has 6 heteroatoms. The highest BCUT2D eigenvalue weighted by atomic mass is 79.9. The monoisotopic (exact) mass is 375 g/mol. The van der Waals surface area contributed by atoms with Gasteiger partial charge in [0, 0.05) is 28.5 Å². The smallest absolute Gasteiger partial charge is 0.251 e. The van der Waals surface area contributed by atoms with Crippen LogP contribution in [0.1, 0.15) is 17.3 Å². The molecule has 0 heterocycles. The average molecular weight is 376 g/mol. The van der Waals surface area contributed by atoms with Crippen molar-refractivity contribution in [1.82, 2.24) is 5.32 Å². The molecule has 0 aliphatic carbocycles. The van der Waals surface area contributed by atoms with E-state index in [0.29, 0.717) is 11.3 Å². The van der Waals surface area contributed by atoms with Gasteiger partial charge in [-0.3, -0.25) is 9.59 Å². The van der Waals surface area contributed by atoms with Crippen molar-refractivity contribution in [3.8, 4) is 0 Å². The number of rotatable bonds is 5. The third-order valence-corrected chi connectivity index (χ3v) is 3.77. The van der Waals surface area contributed by atoms with Crippen LogP contribution in [-0.2, 0) is 4.79 Å². The van der Waals surface area contributed by atoms with Gasteiger partial charge in [-0.05, 0) is 49.4 Å². The summed E-state index contributed by atoms with van der Waals surface area (Å²) in [4.78, 5) is 23.8. The molecule has 0 spiro atoms. The molecule has 0 saturated carbocycles. The van der Waals surface area contributed by atoms with Crippen molar-refractivity contribution >= 4 is 39.1 Å². The summed E-state index contributed by atoms with van der Waals surface area (Å²) in [6, 6.07) is 13.9. The van der Waals surface area contributed by atoms with E-state index in [-0.39, 0.29) is 11.8 Å². The summed E-state index contributed by atoms with van der Waals surface area (Å²) in [5.74, 6) is -0.321. The molecule has 0 saturated heterocycles. The van der Waals surface area contributed by atoms with Gasteiger partial charge in [0.2, 0.25) is 5.91 Å². The fourth-order valence-electron chi connectivity index (χ4n) is 1.99. The minimum atomic E-state index is -0.446. The minimum Gasteiger partial charge on any atom is -0.374 e. The molecule has 0 bridgehead atoms. The predicted octanol–water partition coefficient (Wildman–Crippen LogP) is 3.25. The fourth-order valence-corrected chi connectivity index (χ4v) is 2.26. The summed E-state index contributed by atoms with van der Waals surface area (Å²) in [7, 11) is 1.58. The maximum Gasteiger partial charge on any atom is 0.251 e. The Hall–Kier alpha value is -2.34. The van der Waals surface area contributed by atoms with E-state index in [2.05, 4.69) is 31.9 Å². The van der Waals surface area contributed by atoms with Gasteiger partial charge in [-0.15, -0.1) is 0 Å². The van der Waals surface area contributed by atoms with Gasteiger partial charge in [0.25, 0.3) is 5.91 Å². The lowest BCUT2D eigenvalue weighted by molar-refractivity contribution is -0.116. The van der Waals surface area contributed by atoms with Crippen molar-refractivity contribution in [2.45, 2.75) is 13.0 Å². The van der Waals surface area contributed by atoms with Gasteiger partial charge < -0.3 is 16.0 Å². The Kier molecular flexibility index (Phi) is 5.76. The molecular formula is C17H18BrN3O2. The molecule has 0 aliphatic heterocycles. The molecule has 2 rings (SSSR count). The highest BCUT2D eigenvalue weighted by Gasteiger charge is 2.13. The van der Waals surface area contributed by atoms with E-state index < -0.39 is 6.04 Å². The summed E-state index contributed by atoms with van der Waals surface area (Å²) in [5, 5.41) is 8.50. The van der Waals surface area contributed by atoms with Crippen molar-refractivity contribution in [1.29, 1.82) is 0 Å². The Labute approximate surface area is 143 Å². The van der Waals surface area contributed by atoms with Gasteiger partial charge >= 0.3 is 0 Å². The SMILES string of the molecule is CNC(=O)c1cccc(NC(C)C(=O)Nc2ccc(Br)cc2)c1. The molecule has 23 heavy (non-hydrogen) atoms. The van der Waals surface area contributed by atoms with Crippen LogP contribution >= 0.6 is 15.9 Å². The van der Waals surface area contributed by atoms with Crippen LogP contribution in [0.15, 0.2) is 53.0 Å². The predicted molar refractivity (Wildman–Crippen MR) is 95.7 cm³/mol. The third-order valence-electron chi connectivity index (χ3n) is 3.24. The first-order chi connectivity index (χ1) is 11.0. The summed E-state index contributed by atoms with van der Waals surface area (Å²) in [5.41, 5.74) is 1.98. The van der Waals surface area contributed by atoms with Crippen LogP contribution in [-0.4, -0.2) is 24.9 Å². The van der Waals surface area contributed by atoms with Crippen molar-refractivity contribution in [2.75, 3.05) is 17.7 Å². The number of benzene rings is 2. The summed E-state index contributed by atoms with van der Waals surface area (Å²) in [6.07, 6.45) is 0. The van der Waals surface area contributed by atoms with Crippen LogP contribution < -0.4 is 16.0 Å². The third kappa shape index (κ3) is 4.82. The summed E-state index contributed by atoms with van der Waals surface area (Å²) in [6.45, 7) is 1.76. The van der Waals surface area contributed by atoms with Crippen LogP contribution in [0.2, 0.25) is 0 Å². The summed E-state index contributed by atoms with van der Waals surface area (Å²) < 4.78 is 0.952.